The number of hydrogen-bond acceptors (Lipinski definition) is 6. The van der Waals surface area contributed by atoms with Gasteiger partial charge in [0, 0.05) is 0 Å². The summed E-state index contributed by atoms with van der Waals surface area (Å²) < 4.78 is 52.5. The second-order valence-electron chi connectivity index (χ2n) is 7.25. The third-order valence-corrected chi connectivity index (χ3v) is 4.89. The lowest BCUT2D eigenvalue weighted by Crippen LogP contribution is -2.30. The number of aromatic nitrogens is 4. The summed E-state index contributed by atoms with van der Waals surface area (Å²) in [6, 6.07) is 15.8. The van der Waals surface area contributed by atoms with Crippen LogP contribution in [0.25, 0.3) is 11.2 Å². The first-order valence-corrected chi connectivity index (χ1v) is 9.88. The van der Waals surface area contributed by atoms with Crippen molar-refractivity contribution in [2.75, 3.05) is 12.8 Å². The van der Waals surface area contributed by atoms with Crippen molar-refractivity contribution in [2.45, 2.75) is 25.9 Å². The molecule has 2 heterocycles. The molecule has 172 valence electrons. The molecule has 8 nitrogen and oxygen atoms in total. The van der Waals surface area contributed by atoms with Gasteiger partial charge in [-0.3, -0.25) is 9.13 Å². The van der Waals surface area contributed by atoms with E-state index in [1.807, 2.05) is 6.07 Å². The molecule has 0 atom stereocenters. The lowest BCUT2D eigenvalue weighted by molar-refractivity contribution is -0.140. The first-order chi connectivity index (χ1) is 15.7. The Morgan fingerprint density at radius 1 is 0.970 bits per heavy atom. The Balaban J connectivity index is 1.82. The van der Waals surface area contributed by atoms with E-state index in [1.165, 1.54) is 7.11 Å². The van der Waals surface area contributed by atoms with Crippen LogP contribution in [0.4, 0.5) is 19.1 Å². The van der Waals surface area contributed by atoms with Gasteiger partial charge in [0.1, 0.15) is 18.9 Å². The van der Waals surface area contributed by atoms with Crippen LogP contribution in [0.15, 0.2) is 59.4 Å². The Morgan fingerprint density at radius 2 is 1.67 bits per heavy atom. The summed E-state index contributed by atoms with van der Waals surface area (Å²) in [6.45, 7) is -1.53. The number of imidazole rings is 1. The molecule has 0 fully saturated rings. The molecule has 0 saturated carbocycles. The van der Waals surface area contributed by atoms with E-state index < -0.39 is 18.4 Å². The van der Waals surface area contributed by atoms with E-state index in [9.17, 15) is 18.0 Å². The molecule has 2 aromatic carbocycles. The minimum absolute atomic E-state index is 0.0241. The average Bonchev–Trinajstić information content (AvgIpc) is 3.03. The maximum Gasteiger partial charge on any atom is 0.406 e. The second kappa shape index (κ2) is 8.85. The highest BCUT2D eigenvalue weighted by molar-refractivity contribution is 5.78. The lowest BCUT2D eigenvalue weighted by atomic mass is 10.2. The molecule has 0 radical (unpaired) electrons. The van der Waals surface area contributed by atoms with Crippen LogP contribution in [0, 0.1) is 0 Å². The highest BCUT2D eigenvalue weighted by Crippen LogP contribution is 2.27. The zero-order valence-corrected chi connectivity index (χ0v) is 17.5. The van der Waals surface area contributed by atoms with E-state index >= 15 is 0 Å². The molecule has 0 aliphatic rings. The lowest BCUT2D eigenvalue weighted by Gasteiger charge is -2.11. The number of fused-ring (bicyclic) bond motifs is 1. The third-order valence-electron chi connectivity index (χ3n) is 4.89. The molecular weight excluding hydrogens is 439 g/mol. The van der Waals surface area contributed by atoms with E-state index in [4.69, 9.17) is 15.2 Å². The van der Waals surface area contributed by atoms with Crippen LogP contribution in [0.5, 0.6) is 11.6 Å². The zero-order valence-electron chi connectivity index (χ0n) is 17.5. The van der Waals surface area contributed by atoms with Crippen molar-refractivity contribution < 1.29 is 22.6 Å². The van der Waals surface area contributed by atoms with Gasteiger partial charge in [-0.2, -0.15) is 23.1 Å². The molecule has 4 rings (SSSR count). The summed E-state index contributed by atoms with van der Waals surface area (Å²) in [5.41, 5.74) is 6.13. The SMILES string of the molecule is COc1ccc(Cn2c(=O)n(CC(F)(F)F)c3c(OCc4ccccc4)nc(N)nc32)cc1. The summed E-state index contributed by atoms with van der Waals surface area (Å²) >= 11 is 0. The maximum absolute atomic E-state index is 13.3. The molecule has 0 saturated heterocycles. The van der Waals surface area contributed by atoms with Crippen LogP contribution in [0.2, 0.25) is 0 Å². The van der Waals surface area contributed by atoms with Crippen LogP contribution < -0.4 is 20.9 Å². The summed E-state index contributed by atoms with van der Waals surface area (Å²) in [5.74, 6) is 0.183. The van der Waals surface area contributed by atoms with Crippen molar-refractivity contribution in [3.63, 3.8) is 0 Å². The standard InChI is InChI=1S/C22H20F3N5O3/c1-32-16-9-7-14(8-10-16)11-29-18-17(30(21(29)31)13-22(23,24)25)19(28-20(26)27-18)33-12-15-5-3-2-4-6-15/h2-10H,11-13H2,1H3,(H2,26,27,28). The summed E-state index contributed by atoms with van der Waals surface area (Å²) in [7, 11) is 1.51. The van der Waals surface area contributed by atoms with Crippen LogP contribution in [-0.4, -0.2) is 32.4 Å². The van der Waals surface area contributed by atoms with Crippen LogP contribution in [0.3, 0.4) is 0 Å². The first kappa shape index (κ1) is 22.2. The highest BCUT2D eigenvalue weighted by Gasteiger charge is 2.32. The molecule has 2 N–H and O–H groups in total. The van der Waals surface area contributed by atoms with Gasteiger partial charge in [-0.15, -0.1) is 0 Å². The van der Waals surface area contributed by atoms with Gasteiger partial charge in [0.05, 0.1) is 13.7 Å². The van der Waals surface area contributed by atoms with Gasteiger partial charge in [-0.1, -0.05) is 42.5 Å². The van der Waals surface area contributed by atoms with Crippen molar-refractivity contribution in [2.24, 2.45) is 0 Å². The molecule has 0 amide bonds. The molecule has 0 aliphatic heterocycles. The number of nitrogens with two attached hydrogens (primary N) is 1. The number of anilines is 1. The Kier molecular flexibility index (Phi) is 5.95. The predicted octanol–water partition coefficient (Wildman–Crippen LogP) is 3.37. The van der Waals surface area contributed by atoms with Crippen molar-refractivity contribution in [1.82, 2.24) is 19.1 Å². The molecule has 2 aromatic heterocycles. The Hall–Kier alpha value is -4.02. The fourth-order valence-corrected chi connectivity index (χ4v) is 3.40. The van der Waals surface area contributed by atoms with E-state index in [-0.39, 0.29) is 36.1 Å². The average molecular weight is 459 g/mol. The monoisotopic (exact) mass is 459 g/mol. The second-order valence-corrected chi connectivity index (χ2v) is 7.25. The number of rotatable bonds is 7. The minimum Gasteiger partial charge on any atom is -0.497 e. The van der Waals surface area contributed by atoms with E-state index in [1.54, 1.807) is 48.5 Å². The van der Waals surface area contributed by atoms with Gasteiger partial charge < -0.3 is 15.2 Å². The van der Waals surface area contributed by atoms with Gasteiger partial charge >= 0.3 is 11.9 Å². The van der Waals surface area contributed by atoms with Gasteiger partial charge in [0.2, 0.25) is 11.8 Å². The van der Waals surface area contributed by atoms with Crippen molar-refractivity contribution in [1.29, 1.82) is 0 Å². The number of hydrogen-bond donors (Lipinski definition) is 1. The summed E-state index contributed by atoms with van der Waals surface area (Å²) in [6.07, 6.45) is -4.65. The van der Waals surface area contributed by atoms with Crippen LogP contribution in [-0.2, 0) is 19.7 Å². The number of halogens is 3. The largest absolute Gasteiger partial charge is 0.497 e. The fraction of sp³-hybridized carbons (Fsp3) is 0.227. The molecular formula is C22H20F3N5O3. The molecule has 0 unspecified atom stereocenters. The Morgan fingerprint density at radius 3 is 2.30 bits per heavy atom. The van der Waals surface area contributed by atoms with Crippen molar-refractivity contribution >= 4 is 17.1 Å². The quantitative estimate of drug-likeness (QED) is 0.455. The number of ether oxygens (including phenoxy) is 2. The molecule has 0 bridgehead atoms. The van der Waals surface area contributed by atoms with E-state index in [0.717, 1.165) is 10.1 Å². The summed E-state index contributed by atoms with van der Waals surface area (Å²) in [5, 5.41) is 0. The Bertz CT molecular complexity index is 1320. The van der Waals surface area contributed by atoms with Crippen molar-refractivity contribution in [3.8, 4) is 11.6 Å². The van der Waals surface area contributed by atoms with Gasteiger partial charge in [0.25, 0.3) is 0 Å². The topological polar surface area (TPSA) is 97.2 Å². The zero-order chi connectivity index (χ0) is 23.6. The first-order valence-electron chi connectivity index (χ1n) is 9.88. The van der Waals surface area contributed by atoms with Crippen molar-refractivity contribution in [3.05, 3.63) is 76.2 Å². The number of nitrogen functional groups attached to an aromatic ring is 1. The van der Waals surface area contributed by atoms with Crippen LogP contribution in [0.1, 0.15) is 11.1 Å². The summed E-state index contributed by atoms with van der Waals surface area (Å²) in [4.78, 5) is 21.1. The number of alkyl halides is 3. The van der Waals surface area contributed by atoms with Gasteiger partial charge in [0.15, 0.2) is 11.2 Å². The van der Waals surface area contributed by atoms with E-state index in [0.29, 0.717) is 15.9 Å². The maximum atomic E-state index is 13.3. The smallest absolute Gasteiger partial charge is 0.406 e. The number of methoxy groups -OCH3 is 1. The van der Waals surface area contributed by atoms with Gasteiger partial charge in [-0.05, 0) is 23.3 Å². The normalized spacial score (nSPS) is 11.6. The van der Waals surface area contributed by atoms with Crippen LogP contribution >= 0.6 is 0 Å². The molecule has 33 heavy (non-hydrogen) atoms. The molecule has 0 spiro atoms. The minimum atomic E-state index is -4.65. The number of benzene rings is 2. The highest BCUT2D eigenvalue weighted by atomic mass is 19.4. The number of nitrogens with zero attached hydrogens (tertiary/aromatic N) is 4. The van der Waals surface area contributed by atoms with E-state index in [2.05, 4.69) is 9.97 Å². The predicted molar refractivity (Wildman–Crippen MR) is 115 cm³/mol. The third kappa shape index (κ3) is 4.92. The Labute approximate surface area is 186 Å². The molecule has 11 heteroatoms. The molecule has 4 aromatic rings. The van der Waals surface area contributed by atoms with Gasteiger partial charge in [-0.25, -0.2) is 4.79 Å². The fourth-order valence-electron chi connectivity index (χ4n) is 3.40. The molecule has 0 aliphatic carbocycles.